The number of thiazole rings is 1. The van der Waals surface area contributed by atoms with Gasteiger partial charge in [0.15, 0.2) is 4.80 Å². The van der Waals surface area contributed by atoms with E-state index in [0.717, 1.165) is 10.2 Å². The van der Waals surface area contributed by atoms with E-state index < -0.39 is 5.97 Å². The molecule has 0 saturated heterocycles. The van der Waals surface area contributed by atoms with E-state index in [0.29, 0.717) is 28.2 Å². The number of fused-ring (bicyclic) bond motifs is 1. The second-order valence-electron chi connectivity index (χ2n) is 5.45. The predicted molar refractivity (Wildman–Crippen MR) is 99.7 cm³/mol. The Morgan fingerprint density at radius 3 is 2.38 bits per heavy atom. The lowest BCUT2D eigenvalue weighted by molar-refractivity contribution is 0.0601. The van der Waals surface area contributed by atoms with Gasteiger partial charge in [-0.05, 0) is 49.4 Å². The van der Waals surface area contributed by atoms with Gasteiger partial charge in [0.05, 0.1) is 30.0 Å². The summed E-state index contributed by atoms with van der Waals surface area (Å²) in [6.07, 6.45) is 0. The summed E-state index contributed by atoms with van der Waals surface area (Å²) in [5, 5.41) is 0. The highest BCUT2D eigenvalue weighted by molar-refractivity contribution is 7.16. The molecular formula is C19H18N2O4S. The quantitative estimate of drug-likeness (QED) is 0.661. The molecule has 7 heteroatoms. The monoisotopic (exact) mass is 370 g/mol. The number of ether oxygens (including phenoxy) is 2. The van der Waals surface area contributed by atoms with Crippen LogP contribution in [0.2, 0.25) is 0 Å². The fraction of sp³-hybridized carbons (Fsp3) is 0.211. The van der Waals surface area contributed by atoms with Crippen molar-refractivity contribution in [2.45, 2.75) is 13.5 Å². The Hall–Kier alpha value is -2.93. The summed E-state index contributed by atoms with van der Waals surface area (Å²) in [6.45, 7) is 2.64. The lowest BCUT2D eigenvalue weighted by Gasteiger charge is -2.02. The maximum Gasteiger partial charge on any atom is 0.337 e. The van der Waals surface area contributed by atoms with E-state index in [2.05, 4.69) is 4.99 Å². The molecule has 0 atom stereocenters. The van der Waals surface area contributed by atoms with Crippen molar-refractivity contribution in [2.24, 2.45) is 4.99 Å². The van der Waals surface area contributed by atoms with Gasteiger partial charge < -0.3 is 14.0 Å². The Kier molecular flexibility index (Phi) is 5.18. The smallest absolute Gasteiger partial charge is 0.337 e. The molecule has 1 aromatic heterocycles. The first-order valence-electron chi connectivity index (χ1n) is 8.02. The van der Waals surface area contributed by atoms with Crippen molar-refractivity contribution in [3.8, 4) is 5.75 Å². The lowest BCUT2D eigenvalue weighted by Crippen LogP contribution is -2.15. The summed E-state index contributed by atoms with van der Waals surface area (Å²) < 4.78 is 12.7. The Morgan fingerprint density at radius 2 is 1.77 bits per heavy atom. The molecule has 0 saturated carbocycles. The number of hydrogen-bond acceptors (Lipinski definition) is 5. The van der Waals surface area contributed by atoms with Crippen LogP contribution in [-0.2, 0) is 11.3 Å². The van der Waals surface area contributed by atoms with Gasteiger partial charge >= 0.3 is 5.97 Å². The number of amides is 1. The molecule has 0 unspecified atom stereocenters. The Morgan fingerprint density at radius 1 is 1.08 bits per heavy atom. The van der Waals surface area contributed by atoms with Gasteiger partial charge in [-0.3, -0.25) is 4.79 Å². The van der Waals surface area contributed by atoms with Crippen LogP contribution in [-0.4, -0.2) is 30.7 Å². The zero-order valence-electron chi connectivity index (χ0n) is 14.7. The number of nitrogens with zero attached hydrogens (tertiary/aromatic N) is 2. The van der Waals surface area contributed by atoms with E-state index in [1.807, 2.05) is 17.6 Å². The fourth-order valence-electron chi connectivity index (χ4n) is 2.59. The average Bonchev–Trinajstić information content (AvgIpc) is 3.03. The minimum Gasteiger partial charge on any atom is -0.497 e. The SMILES string of the molecule is CCn1c(=NC(=O)c2ccc(OC)cc2)sc2cc(C(=O)OC)ccc21. The van der Waals surface area contributed by atoms with Crippen LogP contribution in [0, 0.1) is 0 Å². The summed E-state index contributed by atoms with van der Waals surface area (Å²) >= 11 is 1.36. The molecule has 3 aromatic rings. The third kappa shape index (κ3) is 3.39. The molecule has 1 amide bonds. The van der Waals surface area contributed by atoms with Gasteiger partial charge in [-0.15, -0.1) is 0 Å². The van der Waals surface area contributed by atoms with E-state index >= 15 is 0 Å². The van der Waals surface area contributed by atoms with Gasteiger partial charge in [0, 0.05) is 12.1 Å². The lowest BCUT2D eigenvalue weighted by atomic mass is 10.2. The van der Waals surface area contributed by atoms with Crippen LogP contribution in [0.1, 0.15) is 27.6 Å². The first kappa shape index (κ1) is 17.9. The molecule has 0 fully saturated rings. The van der Waals surface area contributed by atoms with Crippen molar-refractivity contribution in [1.82, 2.24) is 4.57 Å². The second-order valence-corrected chi connectivity index (χ2v) is 6.46. The largest absolute Gasteiger partial charge is 0.497 e. The normalized spacial score (nSPS) is 11.6. The molecule has 26 heavy (non-hydrogen) atoms. The number of hydrogen-bond donors (Lipinski definition) is 0. The van der Waals surface area contributed by atoms with E-state index in [-0.39, 0.29) is 5.91 Å². The summed E-state index contributed by atoms with van der Waals surface area (Å²) in [5.74, 6) is -0.0341. The number of carbonyl (C=O) groups excluding carboxylic acids is 2. The minimum absolute atomic E-state index is 0.324. The molecule has 134 valence electrons. The fourth-order valence-corrected chi connectivity index (χ4v) is 3.73. The predicted octanol–water partition coefficient (Wildman–Crippen LogP) is 3.26. The maximum atomic E-state index is 12.5. The number of aryl methyl sites for hydroxylation is 1. The van der Waals surface area contributed by atoms with Crippen LogP contribution in [0.3, 0.4) is 0 Å². The van der Waals surface area contributed by atoms with Crippen molar-refractivity contribution >= 4 is 33.4 Å². The molecule has 0 aliphatic heterocycles. The molecule has 2 aromatic carbocycles. The average molecular weight is 370 g/mol. The van der Waals surface area contributed by atoms with Crippen LogP contribution in [0.4, 0.5) is 0 Å². The van der Waals surface area contributed by atoms with Crippen LogP contribution in [0.5, 0.6) is 5.75 Å². The Balaban J connectivity index is 2.06. The van der Waals surface area contributed by atoms with Gasteiger partial charge in [0.1, 0.15) is 5.75 Å². The molecule has 0 aliphatic rings. The van der Waals surface area contributed by atoms with Crippen molar-refractivity contribution in [1.29, 1.82) is 0 Å². The van der Waals surface area contributed by atoms with Crippen molar-refractivity contribution in [3.63, 3.8) is 0 Å². The molecular weight excluding hydrogens is 352 g/mol. The summed E-state index contributed by atoms with van der Waals surface area (Å²) in [7, 11) is 2.92. The molecule has 0 bridgehead atoms. The zero-order valence-corrected chi connectivity index (χ0v) is 15.5. The number of aromatic nitrogens is 1. The van der Waals surface area contributed by atoms with Gasteiger partial charge in [0.2, 0.25) is 0 Å². The third-order valence-corrected chi connectivity index (χ3v) is 5.00. The first-order chi connectivity index (χ1) is 12.6. The second kappa shape index (κ2) is 7.53. The number of benzene rings is 2. The topological polar surface area (TPSA) is 69.9 Å². The van der Waals surface area contributed by atoms with E-state index in [1.165, 1.54) is 18.4 Å². The Bertz CT molecular complexity index is 1030. The summed E-state index contributed by atoms with van der Waals surface area (Å²) in [4.78, 5) is 29.1. The Labute approximate surface area is 154 Å². The van der Waals surface area contributed by atoms with E-state index in [4.69, 9.17) is 9.47 Å². The number of methoxy groups -OCH3 is 2. The highest BCUT2D eigenvalue weighted by Gasteiger charge is 2.12. The maximum absolute atomic E-state index is 12.5. The highest BCUT2D eigenvalue weighted by Crippen LogP contribution is 2.20. The van der Waals surface area contributed by atoms with Crippen LogP contribution < -0.4 is 9.54 Å². The van der Waals surface area contributed by atoms with E-state index in [9.17, 15) is 9.59 Å². The molecule has 3 rings (SSSR count). The molecule has 0 spiro atoms. The van der Waals surface area contributed by atoms with Gasteiger partial charge in [-0.25, -0.2) is 4.79 Å². The summed E-state index contributed by atoms with van der Waals surface area (Å²) in [6, 6.07) is 12.1. The molecule has 1 heterocycles. The van der Waals surface area contributed by atoms with Crippen LogP contribution in [0.25, 0.3) is 10.2 Å². The van der Waals surface area contributed by atoms with Crippen molar-refractivity contribution < 1.29 is 19.1 Å². The molecule has 6 nitrogen and oxygen atoms in total. The zero-order chi connectivity index (χ0) is 18.7. The van der Waals surface area contributed by atoms with Crippen LogP contribution in [0.15, 0.2) is 47.5 Å². The van der Waals surface area contributed by atoms with Gasteiger partial charge in [0.25, 0.3) is 5.91 Å². The van der Waals surface area contributed by atoms with E-state index in [1.54, 1.807) is 43.5 Å². The third-order valence-electron chi connectivity index (χ3n) is 3.95. The minimum atomic E-state index is -0.392. The standard InChI is InChI=1S/C19H18N2O4S/c1-4-21-15-10-7-13(18(23)25-3)11-16(15)26-19(21)20-17(22)12-5-8-14(24-2)9-6-12/h5-11H,4H2,1-3H3. The highest BCUT2D eigenvalue weighted by atomic mass is 32.1. The van der Waals surface area contributed by atoms with Crippen molar-refractivity contribution in [3.05, 3.63) is 58.4 Å². The summed E-state index contributed by atoms with van der Waals surface area (Å²) in [5.41, 5.74) is 1.88. The number of rotatable bonds is 4. The number of carbonyl (C=O) groups is 2. The molecule has 0 aliphatic carbocycles. The van der Waals surface area contributed by atoms with Gasteiger partial charge in [-0.2, -0.15) is 4.99 Å². The van der Waals surface area contributed by atoms with Crippen LogP contribution >= 0.6 is 11.3 Å². The molecule has 0 radical (unpaired) electrons. The van der Waals surface area contributed by atoms with Gasteiger partial charge in [-0.1, -0.05) is 11.3 Å². The number of esters is 1. The van der Waals surface area contributed by atoms with Crippen molar-refractivity contribution in [2.75, 3.05) is 14.2 Å². The molecule has 0 N–H and O–H groups in total. The first-order valence-corrected chi connectivity index (χ1v) is 8.83.